The van der Waals surface area contributed by atoms with Gasteiger partial charge in [-0.1, -0.05) is 31.4 Å². The smallest absolute Gasteiger partial charge is 0.253 e. The summed E-state index contributed by atoms with van der Waals surface area (Å²) in [6.07, 6.45) is 6.57. The lowest BCUT2D eigenvalue weighted by atomic mass is 9.84. The van der Waals surface area contributed by atoms with Gasteiger partial charge in [-0.3, -0.25) is 9.59 Å². The molecule has 2 aromatic carbocycles. The predicted molar refractivity (Wildman–Crippen MR) is 117 cm³/mol. The lowest BCUT2D eigenvalue weighted by Crippen LogP contribution is -2.48. The average Bonchev–Trinajstić information content (AvgIpc) is 2.79. The number of amides is 1. The molecule has 0 radical (unpaired) electrons. The Balaban J connectivity index is 1.34. The largest absolute Gasteiger partial charge is 0.368 e. The van der Waals surface area contributed by atoms with E-state index in [-0.39, 0.29) is 11.7 Å². The maximum atomic E-state index is 12.9. The molecule has 1 saturated carbocycles. The third kappa shape index (κ3) is 4.52. The van der Waals surface area contributed by atoms with Crippen molar-refractivity contribution >= 4 is 17.4 Å². The van der Waals surface area contributed by atoms with Crippen LogP contribution < -0.4 is 4.90 Å². The van der Waals surface area contributed by atoms with Crippen molar-refractivity contribution in [3.8, 4) is 0 Å². The number of piperazine rings is 1. The molecule has 0 atom stereocenters. The van der Waals surface area contributed by atoms with Gasteiger partial charge >= 0.3 is 0 Å². The van der Waals surface area contributed by atoms with Gasteiger partial charge in [0, 0.05) is 43.0 Å². The zero-order valence-corrected chi connectivity index (χ0v) is 17.3. The SMILES string of the molecule is CC(=O)c1ccc(N2CCN(C(=O)c3ccc(C4CCCCC4)cc3)CC2)cc1. The molecule has 0 unspecified atom stereocenters. The minimum absolute atomic E-state index is 0.0847. The molecule has 0 N–H and O–H groups in total. The Morgan fingerprint density at radius 1 is 0.759 bits per heavy atom. The molecule has 4 nitrogen and oxygen atoms in total. The van der Waals surface area contributed by atoms with Crippen molar-refractivity contribution in [3.05, 3.63) is 65.2 Å². The first-order valence-electron chi connectivity index (χ1n) is 10.9. The lowest BCUT2D eigenvalue weighted by Gasteiger charge is -2.36. The summed E-state index contributed by atoms with van der Waals surface area (Å²) in [5, 5.41) is 0. The topological polar surface area (TPSA) is 40.6 Å². The van der Waals surface area contributed by atoms with Gasteiger partial charge < -0.3 is 9.80 Å². The average molecular weight is 391 g/mol. The highest BCUT2D eigenvalue weighted by Crippen LogP contribution is 2.32. The Kier molecular flexibility index (Phi) is 5.98. The van der Waals surface area contributed by atoms with Gasteiger partial charge in [-0.05, 0) is 67.6 Å². The van der Waals surface area contributed by atoms with Crippen molar-refractivity contribution in [2.45, 2.75) is 44.9 Å². The van der Waals surface area contributed by atoms with Crippen LogP contribution in [-0.4, -0.2) is 42.8 Å². The second-order valence-corrected chi connectivity index (χ2v) is 8.34. The van der Waals surface area contributed by atoms with Crippen LogP contribution in [0.1, 0.15) is 71.2 Å². The summed E-state index contributed by atoms with van der Waals surface area (Å²) in [5.74, 6) is 0.888. The highest BCUT2D eigenvalue weighted by molar-refractivity contribution is 5.95. The molecule has 2 aliphatic rings. The first-order chi connectivity index (χ1) is 14.1. The van der Waals surface area contributed by atoms with Gasteiger partial charge in [-0.2, -0.15) is 0 Å². The summed E-state index contributed by atoms with van der Waals surface area (Å²) in [7, 11) is 0. The molecule has 1 heterocycles. The molecule has 29 heavy (non-hydrogen) atoms. The molecule has 2 fully saturated rings. The Morgan fingerprint density at radius 2 is 1.34 bits per heavy atom. The number of anilines is 1. The van der Waals surface area contributed by atoms with Crippen LogP contribution in [0, 0.1) is 0 Å². The van der Waals surface area contributed by atoms with E-state index in [9.17, 15) is 9.59 Å². The van der Waals surface area contributed by atoms with E-state index in [1.54, 1.807) is 6.92 Å². The normalized spacial score (nSPS) is 18.0. The minimum atomic E-state index is 0.0847. The zero-order valence-electron chi connectivity index (χ0n) is 17.3. The van der Waals surface area contributed by atoms with Gasteiger partial charge in [0.1, 0.15) is 0 Å². The maximum Gasteiger partial charge on any atom is 0.253 e. The van der Waals surface area contributed by atoms with Crippen molar-refractivity contribution in [2.24, 2.45) is 0 Å². The molecule has 0 aromatic heterocycles. The monoisotopic (exact) mass is 390 g/mol. The fourth-order valence-electron chi connectivity index (χ4n) is 4.59. The summed E-state index contributed by atoms with van der Waals surface area (Å²) in [4.78, 5) is 28.6. The van der Waals surface area contributed by atoms with Crippen LogP contribution in [0.3, 0.4) is 0 Å². The molecule has 1 aliphatic heterocycles. The van der Waals surface area contributed by atoms with Gasteiger partial charge in [0.2, 0.25) is 0 Å². The molecule has 4 rings (SSSR count). The molecule has 1 saturated heterocycles. The third-order valence-corrected chi connectivity index (χ3v) is 6.44. The van der Waals surface area contributed by atoms with E-state index in [1.807, 2.05) is 41.3 Å². The van der Waals surface area contributed by atoms with Gasteiger partial charge in [0.25, 0.3) is 5.91 Å². The number of Topliss-reactive ketones (excluding diaryl/α,β-unsaturated/α-hetero) is 1. The van der Waals surface area contributed by atoms with E-state index in [0.29, 0.717) is 5.92 Å². The summed E-state index contributed by atoms with van der Waals surface area (Å²) in [5.41, 5.74) is 4.03. The zero-order chi connectivity index (χ0) is 20.2. The van der Waals surface area contributed by atoms with Gasteiger partial charge in [-0.25, -0.2) is 0 Å². The van der Waals surface area contributed by atoms with E-state index >= 15 is 0 Å². The molecule has 2 aromatic rings. The number of hydrogen-bond acceptors (Lipinski definition) is 3. The van der Waals surface area contributed by atoms with Crippen molar-refractivity contribution in [3.63, 3.8) is 0 Å². The molecular weight excluding hydrogens is 360 g/mol. The highest BCUT2D eigenvalue weighted by atomic mass is 16.2. The number of hydrogen-bond donors (Lipinski definition) is 0. The van der Waals surface area contributed by atoms with Crippen LogP contribution in [0.25, 0.3) is 0 Å². The summed E-state index contributed by atoms with van der Waals surface area (Å²) in [6, 6.07) is 16.1. The Bertz CT molecular complexity index is 843. The van der Waals surface area contributed by atoms with E-state index in [0.717, 1.165) is 43.0 Å². The van der Waals surface area contributed by atoms with E-state index in [2.05, 4.69) is 17.0 Å². The van der Waals surface area contributed by atoms with E-state index in [1.165, 1.54) is 37.7 Å². The Hall–Kier alpha value is -2.62. The minimum Gasteiger partial charge on any atom is -0.368 e. The predicted octanol–water partition coefficient (Wildman–Crippen LogP) is 4.90. The summed E-state index contributed by atoms with van der Waals surface area (Å²) in [6.45, 7) is 4.65. The van der Waals surface area contributed by atoms with Crippen LogP contribution in [0.4, 0.5) is 5.69 Å². The number of benzene rings is 2. The molecule has 1 aliphatic carbocycles. The molecule has 4 heteroatoms. The first kappa shape index (κ1) is 19.7. The fourth-order valence-corrected chi connectivity index (χ4v) is 4.59. The third-order valence-electron chi connectivity index (χ3n) is 6.44. The first-order valence-corrected chi connectivity index (χ1v) is 10.9. The second-order valence-electron chi connectivity index (χ2n) is 8.34. The Labute approximate surface area is 173 Å². The molecule has 1 amide bonds. The number of carbonyl (C=O) groups excluding carboxylic acids is 2. The van der Waals surface area contributed by atoms with Crippen molar-refractivity contribution < 1.29 is 9.59 Å². The van der Waals surface area contributed by atoms with Crippen LogP contribution in [0.2, 0.25) is 0 Å². The lowest BCUT2D eigenvalue weighted by molar-refractivity contribution is 0.0746. The number of nitrogens with zero attached hydrogens (tertiary/aromatic N) is 2. The molecular formula is C25H30N2O2. The van der Waals surface area contributed by atoms with Gasteiger partial charge in [-0.15, -0.1) is 0 Å². The molecule has 0 spiro atoms. The van der Waals surface area contributed by atoms with Crippen molar-refractivity contribution in [1.82, 2.24) is 4.90 Å². The second kappa shape index (κ2) is 8.81. The number of rotatable bonds is 4. The molecule has 152 valence electrons. The van der Waals surface area contributed by atoms with Crippen molar-refractivity contribution in [1.29, 1.82) is 0 Å². The van der Waals surface area contributed by atoms with E-state index < -0.39 is 0 Å². The van der Waals surface area contributed by atoms with E-state index in [4.69, 9.17) is 0 Å². The quantitative estimate of drug-likeness (QED) is 0.697. The number of ketones is 1. The summed E-state index contributed by atoms with van der Waals surface area (Å²) < 4.78 is 0. The highest BCUT2D eigenvalue weighted by Gasteiger charge is 2.23. The van der Waals surface area contributed by atoms with Crippen molar-refractivity contribution in [2.75, 3.05) is 31.1 Å². The maximum absolute atomic E-state index is 12.9. The standard InChI is InChI=1S/C25H30N2O2/c1-19(28)20-11-13-24(14-12-20)26-15-17-27(18-16-26)25(29)23-9-7-22(8-10-23)21-5-3-2-4-6-21/h7-14,21H,2-6,15-18H2,1H3. The number of carbonyl (C=O) groups is 2. The molecule has 0 bridgehead atoms. The van der Waals surface area contributed by atoms with Crippen LogP contribution in [0.15, 0.2) is 48.5 Å². The van der Waals surface area contributed by atoms with Crippen LogP contribution >= 0.6 is 0 Å². The fraction of sp³-hybridized carbons (Fsp3) is 0.440. The van der Waals surface area contributed by atoms with Crippen LogP contribution in [0.5, 0.6) is 0 Å². The van der Waals surface area contributed by atoms with Gasteiger partial charge in [0.15, 0.2) is 5.78 Å². The Morgan fingerprint density at radius 3 is 1.93 bits per heavy atom. The van der Waals surface area contributed by atoms with Crippen LogP contribution in [-0.2, 0) is 0 Å². The van der Waals surface area contributed by atoms with Gasteiger partial charge in [0.05, 0.1) is 0 Å². The summed E-state index contributed by atoms with van der Waals surface area (Å²) >= 11 is 0.